The van der Waals surface area contributed by atoms with Crippen molar-refractivity contribution in [1.82, 2.24) is 19.8 Å². The number of rotatable bonds is 4. The Labute approximate surface area is 174 Å². The molecule has 2 aromatic heterocycles. The van der Waals surface area contributed by atoms with Crippen LogP contribution in [-0.4, -0.2) is 32.7 Å². The monoisotopic (exact) mass is 398 g/mol. The second kappa shape index (κ2) is 7.46. The lowest BCUT2D eigenvalue weighted by molar-refractivity contribution is 0.0955. The van der Waals surface area contributed by atoms with E-state index in [1.807, 2.05) is 30.3 Å². The molecule has 0 fully saturated rings. The number of hydrogen-bond donors (Lipinski definition) is 0. The number of ketones is 1. The van der Waals surface area contributed by atoms with Crippen molar-refractivity contribution in [3.05, 3.63) is 82.8 Å². The molecule has 4 aromatic rings. The Morgan fingerprint density at radius 2 is 1.80 bits per heavy atom. The van der Waals surface area contributed by atoms with Crippen molar-refractivity contribution in [3.8, 4) is 11.1 Å². The highest BCUT2D eigenvalue weighted by Gasteiger charge is 2.31. The molecule has 1 aliphatic carbocycles. The van der Waals surface area contributed by atoms with Crippen molar-refractivity contribution in [1.29, 1.82) is 0 Å². The molecule has 0 unspecified atom stereocenters. The molecule has 0 saturated carbocycles. The Hall–Kier alpha value is -3.38. The number of hydrogen-bond acceptors (Lipinski definition) is 5. The van der Waals surface area contributed by atoms with Gasteiger partial charge in [0.05, 0.1) is 23.6 Å². The zero-order valence-electron chi connectivity index (χ0n) is 17.0. The summed E-state index contributed by atoms with van der Waals surface area (Å²) in [6.45, 7) is 2.42. The predicted octanol–water partition coefficient (Wildman–Crippen LogP) is 4.16. The van der Waals surface area contributed by atoms with Gasteiger partial charge in [-0.2, -0.15) is 5.10 Å². The normalized spacial score (nSPS) is 16.1. The summed E-state index contributed by atoms with van der Waals surface area (Å²) in [7, 11) is 1.65. The number of methoxy groups -OCH3 is 1. The van der Waals surface area contributed by atoms with Crippen LogP contribution in [0.2, 0.25) is 0 Å². The van der Waals surface area contributed by atoms with E-state index in [1.165, 1.54) is 5.56 Å². The van der Waals surface area contributed by atoms with E-state index in [-0.39, 0.29) is 11.7 Å². The molecule has 5 rings (SSSR count). The second-order valence-electron chi connectivity index (χ2n) is 7.79. The van der Waals surface area contributed by atoms with Gasteiger partial charge in [-0.25, -0.2) is 4.52 Å². The van der Waals surface area contributed by atoms with Gasteiger partial charge in [0, 0.05) is 13.5 Å². The fourth-order valence-corrected chi connectivity index (χ4v) is 4.23. The molecule has 0 N–H and O–H groups in total. The Balaban J connectivity index is 1.67. The molecule has 30 heavy (non-hydrogen) atoms. The van der Waals surface area contributed by atoms with Gasteiger partial charge in [0.1, 0.15) is 0 Å². The van der Waals surface area contributed by atoms with Gasteiger partial charge in [-0.1, -0.05) is 60.2 Å². The Kier molecular flexibility index (Phi) is 4.64. The number of aromatic nitrogens is 4. The molecule has 2 heterocycles. The molecule has 6 heteroatoms. The first kappa shape index (κ1) is 18.6. The fourth-order valence-electron chi connectivity index (χ4n) is 4.23. The van der Waals surface area contributed by atoms with Crippen LogP contribution in [0.25, 0.3) is 16.8 Å². The summed E-state index contributed by atoms with van der Waals surface area (Å²) in [5.74, 6) is 0.120. The van der Waals surface area contributed by atoms with E-state index >= 15 is 0 Å². The summed E-state index contributed by atoms with van der Waals surface area (Å²) >= 11 is 0. The molecule has 1 aliphatic rings. The molecule has 0 bridgehead atoms. The van der Waals surface area contributed by atoms with Crippen molar-refractivity contribution in [2.75, 3.05) is 7.11 Å². The average molecular weight is 398 g/mol. The van der Waals surface area contributed by atoms with Crippen LogP contribution in [0.5, 0.6) is 0 Å². The van der Waals surface area contributed by atoms with Gasteiger partial charge in [-0.15, -0.1) is 10.2 Å². The lowest BCUT2D eigenvalue weighted by Gasteiger charge is -2.23. The summed E-state index contributed by atoms with van der Waals surface area (Å²) in [6, 6.07) is 18.4. The maximum absolute atomic E-state index is 12.9. The van der Waals surface area contributed by atoms with Crippen LogP contribution < -0.4 is 0 Å². The molecule has 1 atom stereocenters. The van der Waals surface area contributed by atoms with Crippen LogP contribution in [0.15, 0.2) is 54.6 Å². The third kappa shape index (κ3) is 3.09. The Morgan fingerprint density at radius 3 is 2.53 bits per heavy atom. The van der Waals surface area contributed by atoms with Gasteiger partial charge in [0.2, 0.25) is 0 Å². The highest BCUT2D eigenvalue weighted by molar-refractivity contribution is 5.97. The van der Waals surface area contributed by atoms with Crippen LogP contribution >= 0.6 is 0 Å². The van der Waals surface area contributed by atoms with Crippen LogP contribution in [-0.2, 0) is 17.8 Å². The molecule has 150 valence electrons. The smallest absolute Gasteiger partial charge is 0.185 e. The topological polar surface area (TPSA) is 69.4 Å². The number of fused-ring (bicyclic) bond motifs is 3. The summed E-state index contributed by atoms with van der Waals surface area (Å²) in [4.78, 5) is 12.9. The van der Waals surface area contributed by atoms with Gasteiger partial charge >= 0.3 is 0 Å². The van der Waals surface area contributed by atoms with E-state index in [0.717, 1.165) is 28.1 Å². The molecule has 0 aliphatic heterocycles. The van der Waals surface area contributed by atoms with Gasteiger partial charge in [-0.3, -0.25) is 4.79 Å². The maximum Gasteiger partial charge on any atom is 0.185 e. The van der Waals surface area contributed by atoms with E-state index in [1.54, 1.807) is 11.6 Å². The highest BCUT2D eigenvalue weighted by Crippen LogP contribution is 2.34. The third-order valence-corrected chi connectivity index (χ3v) is 5.74. The van der Waals surface area contributed by atoms with Crippen LogP contribution in [0.1, 0.15) is 45.3 Å². The largest absolute Gasteiger partial charge is 0.378 e. The standard InChI is InChI=1S/C24H22N4O2/c1-15-8-10-16(11-9-15)18-12-20-23(21(29)13-18)25-26-24-22(17-6-4-3-5-7-17)19(14-30-2)27-28(20)24/h3-11,18H,12-14H2,1-2H3/t18-/m1/s1. The number of ether oxygens (including phenoxy) is 1. The van der Waals surface area contributed by atoms with Crippen LogP contribution in [0, 0.1) is 6.92 Å². The zero-order valence-corrected chi connectivity index (χ0v) is 17.0. The fraction of sp³-hybridized carbons (Fsp3) is 0.250. The Morgan fingerprint density at radius 1 is 1.03 bits per heavy atom. The summed E-state index contributed by atoms with van der Waals surface area (Å²) < 4.78 is 7.20. The first-order valence-electron chi connectivity index (χ1n) is 10.1. The molecule has 2 aromatic carbocycles. The van der Waals surface area contributed by atoms with Crippen molar-refractivity contribution < 1.29 is 9.53 Å². The van der Waals surface area contributed by atoms with Crippen molar-refractivity contribution in [2.45, 2.75) is 32.3 Å². The minimum absolute atomic E-state index is 0.0151. The second-order valence-corrected chi connectivity index (χ2v) is 7.79. The zero-order chi connectivity index (χ0) is 20.7. The summed E-state index contributed by atoms with van der Waals surface area (Å²) in [5, 5.41) is 13.5. The minimum atomic E-state index is 0.0151. The molecular formula is C24H22N4O2. The SMILES string of the molecule is COCc1nn2c3c(nnc2c1-c1ccccc1)C(=O)C[C@H](c1ccc(C)cc1)C3. The van der Waals surface area contributed by atoms with Gasteiger partial charge in [0.15, 0.2) is 17.1 Å². The molecule has 0 spiro atoms. The molecular weight excluding hydrogens is 376 g/mol. The predicted molar refractivity (Wildman–Crippen MR) is 114 cm³/mol. The van der Waals surface area contributed by atoms with E-state index in [9.17, 15) is 4.79 Å². The number of carbonyl (C=O) groups is 1. The van der Waals surface area contributed by atoms with Crippen molar-refractivity contribution in [2.24, 2.45) is 0 Å². The molecule has 0 amide bonds. The quantitative estimate of drug-likeness (QED) is 0.516. The maximum atomic E-state index is 12.9. The number of carbonyl (C=O) groups excluding carboxylic acids is 1. The summed E-state index contributed by atoms with van der Waals surface area (Å²) in [6.07, 6.45) is 1.13. The number of nitrogens with zero attached hydrogens (tertiary/aromatic N) is 4. The van der Waals surface area contributed by atoms with Gasteiger partial charge in [0.25, 0.3) is 0 Å². The lowest BCUT2D eigenvalue weighted by atomic mass is 9.83. The molecule has 0 radical (unpaired) electrons. The molecule has 6 nitrogen and oxygen atoms in total. The number of benzene rings is 2. The summed E-state index contributed by atoms with van der Waals surface area (Å²) in [5.41, 5.74) is 6.97. The molecule has 0 saturated heterocycles. The van der Waals surface area contributed by atoms with E-state index < -0.39 is 0 Å². The van der Waals surface area contributed by atoms with Crippen molar-refractivity contribution >= 4 is 11.4 Å². The van der Waals surface area contributed by atoms with E-state index in [2.05, 4.69) is 41.4 Å². The van der Waals surface area contributed by atoms with Crippen LogP contribution in [0.3, 0.4) is 0 Å². The van der Waals surface area contributed by atoms with Gasteiger partial charge in [-0.05, 0) is 30.4 Å². The third-order valence-electron chi connectivity index (χ3n) is 5.74. The van der Waals surface area contributed by atoms with E-state index in [4.69, 9.17) is 9.84 Å². The van der Waals surface area contributed by atoms with Crippen LogP contribution in [0.4, 0.5) is 0 Å². The number of aryl methyl sites for hydroxylation is 1. The minimum Gasteiger partial charge on any atom is -0.378 e. The van der Waals surface area contributed by atoms with Crippen molar-refractivity contribution in [3.63, 3.8) is 0 Å². The van der Waals surface area contributed by atoms with Gasteiger partial charge < -0.3 is 4.74 Å². The Bertz CT molecular complexity index is 1230. The highest BCUT2D eigenvalue weighted by atomic mass is 16.5. The lowest BCUT2D eigenvalue weighted by Crippen LogP contribution is -2.24. The van der Waals surface area contributed by atoms with E-state index in [0.29, 0.717) is 30.8 Å². The first-order chi connectivity index (χ1) is 14.7. The first-order valence-corrected chi connectivity index (χ1v) is 10.1. The average Bonchev–Trinajstić information content (AvgIpc) is 3.13. The number of Topliss-reactive ketones (excluding diaryl/α,β-unsaturated/α-hetero) is 1.